The van der Waals surface area contributed by atoms with Crippen molar-refractivity contribution in [3.8, 4) is 5.75 Å². The number of nitrogens with one attached hydrogen (secondary N) is 1. The summed E-state index contributed by atoms with van der Waals surface area (Å²) in [5, 5.41) is 10.5. The summed E-state index contributed by atoms with van der Waals surface area (Å²) in [6.07, 6.45) is 6.25. The largest absolute Gasteiger partial charge is 0.494 e. The number of ether oxygens (including phenoxy) is 1. The van der Waals surface area contributed by atoms with Crippen LogP contribution in [-0.2, 0) is 0 Å². The summed E-state index contributed by atoms with van der Waals surface area (Å²) in [4.78, 5) is 12.0. The van der Waals surface area contributed by atoms with Crippen LogP contribution in [0, 0.1) is 11.7 Å². The summed E-state index contributed by atoms with van der Waals surface area (Å²) in [6.45, 7) is 4.49. The van der Waals surface area contributed by atoms with E-state index in [0.29, 0.717) is 12.3 Å². The van der Waals surface area contributed by atoms with Crippen molar-refractivity contribution in [2.24, 2.45) is 5.10 Å². The summed E-state index contributed by atoms with van der Waals surface area (Å²) in [5.74, 6) is 0.791. The number of hydrogen-bond acceptors (Lipinski definition) is 5. The summed E-state index contributed by atoms with van der Waals surface area (Å²) in [6, 6.07) is 7.57. The molecule has 0 fully saturated rings. The van der Waals surface area contributed by atoms with Gasteiger partial charge in [-0.25, -0.2) is 0 Å². The van der Waals surface area contributed by atoms with Crippen LogP contribution in [0.5, 0.6) is 5.75 Å². The van der Waals surface area contributed by atoms with Crippen molar-refractivity contribution >= 4 is 18.4 Å². The Morgan fingerprint density at radius 2 is 2.21 bits per heavy atom. The summed E-state index contributed by atoms with van der Waals surface area (Å²) in [7, 11) is 0. The summed E-state index contributed by atoms with van der Waals surface area (Å²) in [5.41, 5.74) is 0.806. The van der Waals surface area contributed by atoms with E-state index in [1.54, 1.807) is 13.1 Å². The zero-order valence-corrected chi connectivity index (χ0v) is 14.8. The molecule has 24 heavy (non-hydrogen) atoms. The van der Waals surface area contributed by atoms with Gasteiger partial charge in [-0.3, -0.25) is 9.89 Å². The van der Waals surface area contributed by atoms with Crippen LogP contribution >= 0.6 is 12.2 Å². The molecule has 0 bridgehead atoms. The Kier molecular flexibility index (Phi) is 6.87. The first-order valence-electron chi connectivity index (χ1n) is 8.07. The van der Waals surface area contributed by atoms with Crippen molar-refractivity contribution in [3.63, 3.8) is 0 Å². The van der Waals surface area contributed by atoms with Crippen LogP contribution in [-0.4, -0.2) is 27.7 Å². The molecule has 0 amide bonds. The van der Waals surface area contributed by atoms with Gasteiger partial charge in [-0.2, -0.15) is 14.9 Å². The minimum atomic E-state index is -0.335. The third-order valence-electron chi connectivity index (χ3n) is 3.46. The van der Waals surface area contributed by atoms with Gasteiger partial charge >= 0.3 is 0 Å². The lowest BCUT2D eigenvalue weighted by Gasteiger charge is -2.06. The minimum absolute atomic E-state index is 0.158. The normalized spacial score (nSPS) is 11.1. The molecule has 0 unspecified atom stereocenters. The van der Waals surface area contributed by atoms with Crippen LogP contribution in [0.1, 0.15) is 43.9 Å². The molecule has 2 aromatic rings. The molecule has 128 valence electrons. The fourth-order valence-electron chi connectivity index (χ4n) is 2.11. The molecule has 6 nitrogen and oxygen atoms in total. The number of rotatable bonds is 8. The van der Waals surface area contributed by atoms with E-state index in [9.17, 15) is 4.79 Å². The number of aromatic amines is 1. The Bertz CT molecular complexity index is 811. The highest BCUT2D eigenvalue weighted by Crippen LogP contribution is 2.13. The maximum atomic E-state index is 12.0. The highest BCUT2D eigenvalue weighted by atomic mass is 32.1. The molecule has 2 rings (SSSR count). The second-order valence-electron chi connectivity index (χ2n) is 5.46. The summed E-state index contributed by atoms with van der Waals surface area (Å²) >= 11 is 5.04. The van der Waals surface area contributed by atoms with E-state index in [1.165, 1.54) is 19.3 Å². The fraction of sp³-hybridized carbons (Fsp3) is 0.412. The maximum absolute atomic E-state index is 12.0. The molecule has 7 heteroatoms. The van der Waals surface area contributed by atoms with Crippen molar-refractivity contribution < 1.29 is 4.74 Å². The smallest absolute Gasteiger partial charge is 0.296 e. The number of aromatic nitrogens is 3. The molecule has 0 aliphatic rings. The van der Waals surface area contributed by atoms with Crippen molar-refractivity contribution in [3.05, 3.63) is 50.6 Å². The van der Waals surface area contributed by atoms with E-state index in [1.807, 2.05) is 24.3 Å². The molecule has 0 radical (unpaired) electrons. The van der Waals surface area contributed by atoms with E-state index in [2.05, 4.69) is 22.2 Å². The van der Waals surface area contributed by atoms with E-state index in [0.717, 1.165) is 22.4 Å². The monoisotopic (exact) mass is 346 g/mol. The Labute approximate surface area is 146 Å². The van der Waals surface area contributed by atoms with Gasteiger partial charge in [-0.15, -0.1) is 0 Å². The van der Waals surface area contributed by atoms with Gasteiger partial charge in [0.05, 0.1) is 12.8 Å². The van der Waals surface area contributed by atoms with E-state index in [-0.39, 0.29) is 10.3 Å². The molecule has 1 aromatic carbocycles. The van der Waals surface area contributed by atoms with E-state index in [4.69, 9.17) is 17.0 Å². The highest BCUT2D eigenvalue weighted by molar-refractivity contribution is 7.71. The number of aryl methyl sites for hydroxylation is 1. The zero-order chi connectivity index (χ0) is 17.4. The van der Waals surface area contributed by atoms with E-state index < -0.39 is 0 Å². The quantitative estimate of drug-likeness (QED) is 0.451. The first-order valence-corrected chi connectivity index (χ1v) is 8.48. The average molecular weight is 346 g/mol. The molecule has 1 heterocycles. The predicted octanol–water partition coefficient (Wildman–Crippen LogP) is 3.45. The lowest BCUT2D eigenvalue weighted by atomic mass is 10.2. The SMILES string of the molecule is CCCCCCOc1cccc(/C=N/n2c(=S)[nH]nc(C)c2=O)c1. The molecule has 0 saturated carbocycles. The second kappa shape index (κ2) is 9.12. The van der Waals surface area contributed by atoms with Crippen LogP contribution in [0.3, 0.4) is 0 Å². The van der Waals surface area contributed by atoms with Crippen molar-refractivity contribution in [2.75, 3.05) is 6.61 Å². The van der Waals surface area contributed by atoms with Crippen molar-refractivity contribution in [2.45, 2.75) is 39.5 Å². The topological polar surface area (TPSA) is 72.3 Å². The molecular formula is C17H22N4O2S. The van der Waals surface area contributed by atoms with Crippen LogP contribution in [0.2, 0.25) is 0 Å². The first kappa shape index (κ1) is 18.1. The molecule has 0 saturated heterocycles. The molecule has 0 aliphatic heterocycles. The van der Waals surface area contributed by atoms with Crippen LogP contribution in [0.4, 0.5) is 0 Å². The van der Waals surface area contributed by atoms with Gasteiger partial charge in [-0.1, -0.05) is 38.3 Å². The van der Waals surface area contributed by atoms with Gasteiger partial charge in [-0.05, 0) is 43.3 Å². The second-order valence-corrected chi connectivity index (χ2v) is 5.84. The highest BCUT2D eigenvalue weighted by Gasteiger charge is 2.01. The first-order chi connectivity index (χ1) is 11.6. The Balaban J connectivity index is 2.06. The predicted molar refractivity (Wildman–Crippen MR) is 97.5 cm³/mol. The average Bonchev–Trinajstić information content (AvgIpc) is 2.58. The fourth-order valence-corrected chi connectivity index (χ4v) is 2.28. The minimum Gasteiger partial charge on any atom is -0.494 e. The number of hydrogen-bond donors (Lipinski definition) is 1. The lowest BCUT2D eigenvalue weighted by molar-refractivity contribution is 0.305. The molecule has 1 aromatic heterocycles. The van der Waals surface area contributed by atoms with Crippen molar-refractivity contribution in [1.29, 1.82) is 0 Å². The Morgan fingerprint density at radius 3 is 3.00 bits per heavy atom. The molecule has 1 N–H and O–H groups in total. The van der Waals surface area contributed by atoms with Gasteiger partial charge in [0.15, 0.2) is 0 Å². The summed E-state index contributed by atoms with van der Waals surface area (Å²) < 4.78 is 7.02. The lowest BCUT2D eigenvalue weighted by Crippen LogP contribution is -2.22. The molecule has 0 aliphatic carbocycles. The van der Waals surface area contributed by atoms with Crippen LogP contribution in [0.25, 0.3) is 0 Å². The third-order valence-corrected chi connectivity index (χ3v) is 3.72. The molecule has 0 spiro atoms. The van der Waals surface area contributed by atoms with Crippen LogP contribution in [0.15, 0.2) is 34.2 Å². The Morgan fingerprint density at radius 1 is 1.38 bits per heavy atom. The van der Waals surface area contributed by atoms with Gasteiger partial charge in [0, 0.05) is 0 Å². The van der Waals surface area contributed by atoms with E-state index >= 15 is 0 Å². The number of H-pyrrole nitrogens is 1. The van der Waals surface area contributed by atoms with Gasteiger partial charge < -0.3 is 4.74 Å². The zero-order valence-electron chi connectivity index (χ0n) is 14.0. The van der Waals surface area contributed by atoms with Crippen LogP contribution < -0.4 is 10.3 Å². The number of benzene rings is 1. The molecule has 0 atom stereocenters. The maximum Gasteiger partial charge on any atom is 0.296 e. The Hall–Kier alpha value is -2.28. The van der Waals surface area contributed by atoms with Gasteiger partial charge in [0.1, 0.15) is 11.4 Å². The van der Waals surface area contributed by atoms with Crippen molar-refractivity contribution in [1.82, 2.24) is 14.9 Å². The molecular weight excluding hydrogens is 324 g/mol. The van der Waals surface area contributed by atoms with Gasteiger partial charge in [0.25, 0.3) is 5.56 Å². The number of nitrogens with zero attached hydrogens (tertiary/aromatic N) is 3. The van der Waals surface area contributed by atoms with Gasteiger partial charge in [0.2, 0.25) is 4.77 Å². The third kappa shape index (κ3) is 5.13. The number of unbranched alkanes of at least 4 members (excludes halogenated alkanes) is 3. The standard InChI is InChI=1S/C17H22N4O2S/c1-3-4-5-6-10-23-15-9-7-8-14(11-15)12-18-21-16(22)13(2)19-20-17(21)24/h7-9,11-12H,3-6,10H2,1-2H3,(H,20,24)/b18-12+.